The second-order valence-electron chi connectivity index (χ2n) is 4.09. The van der Waals surface area contributed by atoms with Crippen LogP contribution in [-0.4, -0.2) is 36.3 Å². The van der Waals surface area contributed by atoms with E-state index < -0.39 is 0 Å². The van der Waals surface area contributed by atoms with Crippen LogP contribution in [0.5, 0.6) is 0 Å². The fourth-order valence-electron chi connectivity index (χ4n) is 1.65. The molecular formula is C13H20N2O3. The molecule has 1 aromatic rings. The minimum atomic E-state index is -0.372. The van der Waals surface area contributed by atoms with Crippen molar-refractivity contribution >= 4 is 11.8 Å². The summed E-state index contributed by atoms with van der Waals surface area (Å²) in [6.45, 7) is 3.00. The van der Waals surface area contributed by atoms with Crippen LogP contribution in [0.25, 0.3) is 0 Å². The van der Waals surface area contributed by atoms with Crippen molar-refractivity contribution in [3.05, 3.63) is 23.9 Å². The van der Waals surface area contributed by atoms with E-state index >= 15 is 0 Å². The number of nitrogens with one attached hydrogen (secondary N) is 1. The number of carbonyl (C=O) groups excluding carboxylic acids is 1. The summed E-state index contributed by atoms with van der Waals surface area (Å²) in [6, 6.07) is 3.28. The summed E-state index contributed by atoms with van der Waals surface area (Å²) in [5.41, 5.74) is 0.477. The molecule has 100 valence electrons. The smallest absolute Gasteiger partial charge is 0.338 e. The Labute approximate surface area is 107 Å². The molecule has 1 unspecified atom stereocenters. The van der Waals surface area contributed by atoms with Crippen molar-refractivity contribution in [2.45, 2.75) is 19.8 Å². The van der Waals surface area contributed by atoms with Crippen molar-refractivity contribution in [3.63, 3.8) is 0 Å². The number of aliphatic hydroxyl groups is 1. The van der Waals surface area contributed by atoms with Crippen LogP contribution >= 0.6 is 0 Å². The third kappa shape index (κ3) is 4.33. The molecule has 1 rings (SSSR count). The maximum Gasteiger partial charge on any atom is 0.338 e. The topological polar surface area (TPSA) is 71.5 Å². The first-order valence-electron chi connectivity index (χ1n) is 6.10. The van der Waals surface area contributed by atoms with Gasteiger partial charge in [-0.1, -0.05) is 13.3 Å². The molecule has 0 aliphatic rings. The molecule has 0 bridgehead atoms. The summed E-state index contributed by atoms with van der Waals surface area (Å²) in [5.74, 6) is 0.677. The second kappa shape index (κ2) is 7.66. The molecule has 1 atom stereocenters. The predicted molar refractivity (Wildman–Crippen MR) is 69.6 cm³/mol. The Hall–Kier alpha value is -1.62. The summed E-state index contributed by atoms with van der Waals surface area (Å²) in [4.78, 5) is 15.5. The van der Waals surface area contributed by atoms with E-state index in [1.165, 1.54) is 7.11 Å². The van der Waals surface area contributed by atoms with Crippen LogP contribution in [-0.2, 0) is 4.74 Å². The summed E-state index contributed by atoms with van der Waals surface area (Å²) in [5, 5.41) is 12.1. The lowest BCUT2D eigenvalue weighted by atomic mass is 10.0. The van der Waals surface area contributed by atoms with Gasteiger partial charge in [0, 0.05) is 19.3 Å². The fourth-order valence-corrected chi connectivity index (χ4v) is 1.65. The van der Waals surface area contributed by atoms with Crippen molar-refractivity contribution in [2.75, 3.05) is 25.6 Å². The number of esters is 1. The van der Waals surface area contributed by atoms with Gasteiger partial charge < -0.3 is 15.2 Å². The number of carbonyl (C=O) groups is 1. The zero-order valence-corrected chi connectivity index (χ0v) is 10.8. The van der Waals surface area contributed by atoms with Gasteiger partial charge in [-0.05, 0) is 24.5 Å². The minimum absolute atomic E-state index is 0.190. The van der Waals surface area contributed by atoms with Gasteiger partial charge in [0.25, 0.3) is 0 Å². The van der Waals surface area contributed by atoms with Crippen LogP contribution in [0.1, 0.15) is 30.1 Å². The average Bonchev–Trinajstić information content (AvgIpc) is 2.42. The number of anilines is 1. The maximum atomic E-state index is 11.4. The molecule has 0 aliphatic heterocycles. The van der Waals surface area contributed by atoms with E-state index in [1.807, 2.05) is 0 Å². The highest BCUT2D eigenvalue weighted by molar-refractivity contribution is 5.89. The third-order valence-corrected chi connectivity index (χ3v) is 2.87. The Morgan fingerprint density at radius 3 is 3.00 bits per heavy atom. The Bertz CT molecular complexity index is 382. The molecule has 0 amide bonds. The maximum absolute atomic E-state index is 11.4. The minimum Gasteiger partial charge on any atom is -0.465 e. The normalized spacial score (nSPS) is 11.9. The van der Waals surface area contributed by atoms with Gasteiger partial charge in [-0.15, -0.1) is 0 Å². The van der Waals surface area contributed by atoms with E-state index in [0.29, 0.717) is 17.3 Å². The number of aromatic nitrogens is 1. The van der Waals surface area contributed by atoms with Gasteiger partial charge in [0.1, 0.15) is 5.82 Å². The molecule has 0 aliphatic carbocycles. The monoisotopic (exact) mass is 252 g/mol. The standard InChI is InChI=1S/C13H20N2O3/c1-3-10(5-7-16)9-15-12-8-11(4-6-14-12)13(17)18-2/h4,6,8,10,16H,3,5,7,9H2,1-2H3,(H,14,15). The molecule has 0 spiro atoms. The highest BCUT2D eigenvalue weighted by Gasteiger charge is 2.08. The molecule has 2 N–H and O–H groups in total. The van der Waals surface area contributed by atoms with Gasteiger partial charge in [0.15, 0.2) is 0 Å². The molecule has 0 saturated carbocycles. The van der Waals surface area contributed by atoms with Crippen molar-refractivity contribution in [1.29, 1.82) is 0 Å². The molecule has 0 saturated heterocycles. The summed E-state index contributed by atoms with van der Waals surface area (Å²) in [7, 11) is 1.35. The van der Waals surface area contributed by atoms with Gasteiger partial charge in [-0.25, -0.2) is 9.78 Å². The SMILES string of the molecule is CCC(CCO)CNc1cc(C(=O)OC)ccn1. The zero-order valence-electron chi connectivity index (χ0n) is 10.8. The van der Waals surface area contributed by atoms with E-state index in [0.717, 1.165) is 19.4 Å². The number of nitrogens with zero attached hydrogens (tertiary/aromatic N) is 1. The molecule has 0 fully saturated rings. The van der Waals surface area contributed by atoms with Crippen molar-refractivity contribution < 1.29 is 14.6 Å². The molecule has 1 heterocycles. The lowest BCUT2D eigenvalue weighted by Gasteiger charge is -2.14. The molecule has 1 aromatic heterocycles. The quantitative estimate of drug-likeness (QED) is 0.722. The molecule has 0 aromatic carbocycles. The van der Waals surface area contributed by atoms with Crippen LogP contribution in [0.2, 0.25) is 0 Å². The van der Waals surface area contributed by atoms with Gasteiger partial charge in [0.05, 0.1) is 12.7 Å². The van der Waals surface area contributed by atoms with E-state index in [1.54, 1.807) is 18.3 Å². The lowest BCUT2D eigenvalue weighted by molar-refractivity contribution is 0.0600. The number of aliphatic hydroxyl groups excluding tert-OH is 1. The van der Waals surface area contributed by atoms with E-state index in [-0.39, 0.29) is 12.6 Å². The first-order chi connectivity index (χ1) is 8.71. The Balaban J connectivity index is 2.59. The highest BCUT2D eigenvalue weighted by Crippen LogP contribution is 2.12. The lowest BCUT2D eigenvalue weighted by Crippen LogP contribution is -2.16. The summed E-state index contributed by atoms with van der Waals surface area (Å²) < 4.78 is 4.65. The van der Waals surface area contributed by atoms with Gasteiger partial charge in [-0.3, -0.25) is 0 Å². The van der Waals surface area contributed by atoms with E-state index in [4.69, 9.17) is 5.11 Å². The van der Waals surface area contributed by atoms with Crippen molar-refractivity contribution in [3.8, 4) is 0 Å². The molecule has 5 heteroatoms. The first kappa shape index (κ1) is 14.4. The summed E-state index contributed by atoms with van der Waals surface area (Å²) in [6.07, 6.45) is 3.33. The number of ether oxygens (including phenoxy) is 1. The van der Waals surface area contributed by atoms with E-state index in [9.17, 15) is 4.79 Å². The molecule has 0 radical (unpaired) electrons. The van der Waals surface area contributed by atoms with E-state index in [2.05, 4.69) is 22.0 Å². The fraction of sp³-hybridized carbons (Fsp3) is 0.538. The van der Waals surface area contributed by atoms with Gasteiger partial charge >= 0.3 is 5.97 Å². The summed E-state index contributed by atoms with van der Waals surface area (Å²) >= 11 is 0. The number of methoxy groups -OCH3 is 1. The number of pyridine rings is 1. The van der Waals surface area contributed by atoms with Crippen molar-refractivity contribution in [1.82, 2.24) is 4.98 Å². The van der Waals surface area contributed by atoms with Crippen LogP contribution in [0, 0.1) is 5.92 Å². The first-order valence-corrected chi connectivity index (χ1v) is 6.10. The number of hydrogen-bond acceptors (Lipinski definition) is 5. The van der Waals surface area contributed by atoms with Crippen LogP contribution < -0.4 is 5.32 Å². The largest absolute Gasteiger partial charge is 0.465 e. The Morgan fingerprint density at radius 1 is 1.61 bits per heavy atom. The molecule has 18 heavy (non-hydrogen) atoms. The Kier molecular flexibility index (Phi) is 6.14. The van der Waals surface area contributed by atoms with Crippen LogP contribution in [0.4, 0.5) is 5.82 Å². The second-order valence-corrected chi connectivity index (χ2v) is 4.09. The number of hydrogen-bond donors (Lipinski definition) is 2. The number of rotatable bonds is 7. The molecule has 5 nitrogen and oxygen atoms in total. The molecular weight excluding hydrogens is 232 g/mol. The zero-order chi connectivity index (χ0) is 13.4. The highest BCUT2D eigenvalue weighted by atomic mass is 16.5. The van der Waals surface area contributed by atoms with Crippen LogP contribution in [0.15, 0.2) is 18.3 Å². The van der Waals surface area contributed by atoms with Gasteiger partial charge in [-0.2, -0.15) is 0 Å². The van der Waals surface area contributed by atoms with Crippen molar-refractivity contribution in [2.24, 2.45) is 5.92 Å². The van der Waals surface area contributed by atoms with Crippen LogP contribution in [0.3, 0.4) is 0 Å². The predicted octanol–water partition coefficient (Wildman–Crippen LogP) is 1.69. The Morgan fingerprint density at radius 2 is 2.39 bits per heavy atom. The van der Waals surface area contributed by atoms with Gasteiger partial charge in [0.2, 0.25) is 0 Å². The third-order valence-electron chi connectivity index (χ3n) is 2.87. The average molecular weight is 252 g/mol.